The number of hydrogen-bond acceptors (Lipinski definition) is 5. The molecule has 0 unspecified atom stereocenters. The summed E-state index contributed by atoms with van der Waals surface area (Å²) in [7, 11) is -3.74. The first-order valence-electron chi connectivity index (χ1n) is 8.89. The average molecular weight is 394 g/mol. The van der Waals surface area contributed by atoms with Gasteiger partial charge in [0.05, 0.1) is 12.2 Å². The number of aryl methyl sites for hydroxylation is 2. The average Bonchev–Trinajstić information content (AvgIpc) is 2.95. The zero-order valence-corrected chi connectivity index (χ0v) is 17.1. The largest absolute Gasteiger partial charge is 0.492 e. The molecule has 1 aromatic carbocycles. The van der Waals surface area contributed by atoms with Crippen LogP contribution < -0.4 is 10.1 Å². The molecular formula is C19H26N2O5S. The number of benzene rings is 1. The summed E-state index contributed by atoms with van der Waals surface area (Å²) < 4.78 is 38.2. The first kappa shape index (κ1) is 21.0. The van der Waals surface area contributed by atoms with E-state index in [2.05, 4.69) is 5.32 Å². The smallest absolute Gasteiger partial charge is 0.259 e. The summed E-state index contributed by atoms with van der Waals surface area (Å²) in [6.45, 7) is 9.82. The third-order valence-electron chi connectivity index (χ3n) is 4.11. The van der Waals surface area contributed by atoms with Crippen LogP contribution in [-0.2, 0) is 10.0 Å². The quantitative estimate of drug-likeness (QED) is 0.739. The Kier molecular flexibility index (Phi) is 6.67. The third-order valence-corrected chi connectivity index (χ3v) is 6.18. The molecule has 7 nitrogen and oxygen atoms in total. The molecule has 1 aromatic heterocycles. The van der Waals surface area contributed by atoms with Gasteiger partial charge in [-0.15, -0.1) is 0 Å². The minimum atomic E-state index is -3.74. The van der Waals surface area contributed by atoms with Gasteiger partial charge in [-0.2, -0.15) is 4.31 Å². The molecule has 0 aliphatic carbocycles. The van der Waals surface area contributed by atoms with E-state index < -0.39 is 10.0 Å². The van der Waals surface area contributed by atoms with Gasteiger partial charge in [0, 0.05) is 18.8 Å². The fourth-order valence-electron chi connectivity index (χ4n) is 2.82. The Morgan fingerprint density at radius 1 is 1.15 bits per heavy atom. The Balaban J connectivity index is 2.42. The van der Waals surface area contributed by atoms with Gasteiger partial charge < -0.3 is 14.5 Å². The van der Waals surface area contributed by atoms with E-state index in [0.29, 0.717) is 42.5 Å². The normalized spacial score (nSPS) is 11.6. The molecule has 1 N–H and O–H groups in total. The molecule has 1 heterocycles. The number of nitrogens with zero attached hydrogens (tertiary/aromatic N) is 1. The van der Waals surface area contributed by atoms with Crippen LogP contribution in [0.5, 0.6) is 5.75 Å². The lowest BCUT2D eigenvalue weighted by atomic mass is 10.2. The summed E-state index contributed by atoms with van der Waals surface area (Å²) >= 11 is 0. The van der Waals surface area contributed by atoms with Crippen molar-refractivity contribution < 1.29 is 22.4 Å². The molecule has 1 amide bonds. The van der Waals surface area contributed by atoms with Crippen molar-refractivity contribution in [2.45, 2.75) is 39.5 Å². The number of furan rings is 1. The van der Waals surface area contributed by atoms with E-state index in [1.165, 1.54) is 10.4 Å². The molecular weight excluding hydrogens is 368 g/mol. The first-order valence-corrected chi connectivity index (χ1v) is 10.3. The lowest BCUT2D eigenvalue weighted by Gasteiger charge is -2.21. The zero-order chi connectivity index (χ0) is 20.2. The van der Waals surface area contributed by atoms with E-state index in [-0.39, 0.29) is 16.6 Å². The zero-order valence-electron chi connectivity index (χ0n) is 16.3. The second-order valence-electron chi connectivity index (χ2n) is 5.96. The summed E-state index contributed by atoms with van der Waals surface area (Å²) in [5, 5.41) is 2.73. The minimum Gasteiger partial charge on any atom is -0.492 e. The molecule has 0 spiro atoms. The van der Waals surface area contributed by atoms with Crippen molar-refractivity contribution >= 4 is 21.6 Å². The fourth-order valence-corrected chi connectivity index (χ4v) is 4.43. The third kappa shape index (κ3) is 4.51. The van der Waals surface area contributed by atoms with Crippen LogP contribution in [-0.4, -0.2) is 38.3 Å². The maximum absolute atomic E-state index is 13.0. The number of amides is 1. The summed E-state index contributed by atoms with van der Waals surface area (Å²) in [6.07, 6.45) is 0. The Hall–Kier alpha value is -2.32. The van der Waals surface area contributed by atoms with E-state index in [1.54, 1.807) is 52.8 Å². The summed E-state index contributed by atoms with van der Waals surface area (Å²) in [5.74, 6) is 1.04. The first-order chi connectivity index (χ1) is 12.7. The van der Waals surface area contributed by atoms with Crippen LogP contribution in [0.3, 0.4) is 0 Å². The van der Waals surface area contributed by atoms with Crippen molar-refractivity contribution in [2.24, 2.45) is 0 Å². The Morgan fingerprint density at radius 2 is 1.81 bits per heavy atom. The number of anilines is 1. The van der Waals surface area contributed by atoms with Gasteiger partial charge in [0.1, 0.15) is 22.2 Å². The van der Waals surface area contributed by atoms with E-state index in [0.717, 1.165) is 0 Å². The highest BCUT2D eigenvalue weighted by Crippen LogP contribution is 2.30. The molecule has 27 heavy (non-hydrogen) atoms. The predicted molar refractivity (Wildman–Crippen MR) is 104 cm³/mol. The summed E-state index contributed by atoms with van der Waals surface area (Å²) in [5.41, 5.74) is 0.780. The molecule has 0 aliphatic heterocycles. The van der Waals surface area contributed by atoms with E-state index >= 15 is 0 Å². The van der Waals surface area contributed by atoms with Crippen molar-refractivity contribution in [3.63, 3.8) is 0 Å². The van der Waals surface area contributed by atoms with Gasteiger partial charge in [0.25, 0.3) is 5.91 Å². The highest BCUT2D eigenvalue weighted by Gasteiger charge is 2.26. The maximum atomic E-state index is 13.0. The number of carbonyl (C=O) groups excluding carboxylic acids is 1. The van der Waals surface area contributed by atoms with Gasteiger partial charge in [-0.25, -0.2) is 8.42 Å². The highest BCUT2D eigenvalue weighted by molar-refractivity contribution is 7.89. The SMILES string of the molecule is CCOc1ccc(NC(=O)c2cc(C)oc2C)cc1S(=O)(=O)N(CC)CC. The lowest BCUT2D eigenvalue weighted by Crippen LogP contribution is -2.31. The van der Waals surface area contributed by atoms with Crippen LogP contribution in [0.15, 0.2) is 33.6 Å². The standard InChI is InChI=1S/C19H26N2O5S/c1-6-21(7-2)27(23,24)18-12-15(9-10-17(18)25-8-3)20-19(22)16-11-13(4)26-14(16)5/h9-12H,6-8H2,1-5H3,(H,20,22). The monoisotopic (exact) mass is 394 g/mol. The lowest BCUT2D eigenvalue weighted by molar-refractivity contribution is 0.102. The molecule has 2 rings (SSSR count). The summed E-state index contributed by atoms with van der Waals surface area (Å²) in [4.78, 5) is 12.5. The number of carbonyl (C=O) groups is 1. The van der Waals surface area contributed by atoms with Crippen molar-refractivity contribution in [3.05, 3.63) is 41.3 Å². The molecule has 0 fully saturated rings. The molecule has 8 heteroatoms. The molecule has 148 valence electrons. The molecule has 0 bridgehead atoms. The number of sulfonamides is 1. The van der Waals surface area contributed by atoms with Crippen LogP contribution in [0, 0.1) is 13.8 Å². The van der Waals surface area contributed by atoms with Crippen LogP contribution >= 0.6 is 0 Å². The predicted octanol–water partition coefficient (Wildman–Crippen LogP) is 3.58. The Morgan fingerprint density at radius 3 is 2.33 bits per heavy atom. The maximum Gasteiger partial charge on any atom is 0.259 e. The minimum absolute atomic E-state index is 0.0333. The van der Waals surface area contributed by atoms with Crippen LogP contribution in [0.25, 0.3) is 0 Å². The fraction of sp³-hybridized carbons (Fsp3) is 0.421. The van der Waals surface area contributed by atoms with Gasteiger partial charge in [0.2, 0.25) is 10.0 Å². The van der Waals surface area contributed by atoms with Gasteiger partial charge in [-0.05, 0) is 45.0 Å². The second kappa shape index (κ2) is 8.58. The van der Waals surface area contributed by atoms with E-state index in [1.807, 2.05) is 0 Å². The summed E-state index contributed by atoms with van der Waals surface area (Å²) in [6, 6.07) is 6.25. The molecule has 0 saturated heterocycles. The van der Waals surface area contributed by atoms with E-state index in [4.69, 9.17) is 9.15 Å². The number of nitrogens with one attached hydrogen (secondary N) is 1. The molecule has 0 atom stereocenters. The van der Waals surface area contributed by atoms with Gasteiger partial charge in [-0.3, -0.25) is 4.79 Å². The van der Waals surface area contributed by atoms with Gasteiger partial charge in [-0.1, -0.05) is 13.8 Å². The Labute approximate surface area is 160 Å². The topological polar surface area (TPSA) is 88.8 Å². The van der Waals surface area contributed by atoms with Crippen LogP contribution in [0.2, 0.25) is 0 Å². The second-order valence-corrected chi connectivity index (χ2v) is 7.87. The van der Waals surface area contributed by atoms with Crippen molar-refractivity contribution in [3.8, 4) is 5.75 Å². The molecule has 0 aliphatic rings. The highest BCUT2D eigenvalue weighted by atomic mass is 32.2. The van der Waals surface area contributed by atoms with Crippen molar-refractivity contribution in [2.75, 3.05) is 25.0 Å². The number of ether oxygens (including phenoxy) is 1. The number of hydrogen-bond donors (Lipinski definition) is 1. The molecule has 0 saturated carbocycles. The van der Waals surface area contributed by atoms with Crippen molar-refractivity contribution in [1.29, 1.82) is 0 Å². The van der Waals surface area contributed by atoms with Gasteiger partial charge >= 0.3 is 0 Å². The van der Waals surface area contributed by atoms with Crippen molar-refractivity contribution in [1.82, 2.24) is 4.31 Å². The molecule has 0 radical (unpaired) electrons. The van der Waals surface area contributed by atoms with E-state index in [9.17, 15) is 13.2 Å². The Bertz CT molecular complexity index is 914. The molecule has 2 aromatic rings. The number of rotatable bonds is 8. The van der Waals surface area contributed by atoms with Gasteiger partial charge in [0.15, 0.2) is 0 Å². The van der Waals surface area contributed by atoms with Crippen LogP contribution in [0.4, 0.5) is 5.69 Å². The van der Waals surface area contributed by atoms with Crippen LogP contribution in [0.1, 0.15) is 42.6 Å².